The predicted octanol–water partition coefficient (Wildman–Crippen LogP) is 9.96. The Kier molecular flexibility index (Phi) is 8.11. The first-order valence-corrected chi connectivity index (χ1v) is 12.7. The number of benzene rings is 3. The summed E-state index contributed by atoms with van der Waals surface area (Å²) in [5.41, 5.74) is -2.48. The van der Waals surface area contributed by atoms with Gasteiger partial charge in [0.15, 0.2) is 34.9 Å². The lowest BCUT2D eigenvalue weighted by Gasteiger charge is -2.37. The molecule has 0 spiro atoms. The van der Waals surface area contributed by atoms with E-state index in [1.54, 1.807) is 37.3 Å². The van der Waals surface area contributed by atoms with Gasteiger partial charge in [-0.05, 0) is 36.2 Å². The fourth-order valence-corrected chi connectivity index (χ4v) is 6.01. The van der Waals surface area contributed by atoms with E-state index in [2.05, 4.69) is 0 Å². The second kappa shape index (κ2) is 11.1. The molecule has 3 unspecified atom stereocenters. The molecule has 192 valence electrons. The Morgan fingerprint density at radius 3 is 1.89 bits per heavy atom. The van der Waals surface area contributed by atoms with E-state index in [0.29, 0.717) is 12.0 Å². The topological polar surface area (TPSA) is 0 Å². The van der Waals surface area contributed by atoms with Gasteiger partial charge in [0.25, 0.3) is 0 Å². The minimum absolute atomic E-state index is 0.100. The Labute approximate surface area is 208 Å². The quantitative estimate of drug-likeness (QED) is 0.222. The Morgan fingerprint density at radius 1 is 0.694 bits per heavy atom. The second-order valence-corrected chi connectivity index (χ2v) is 9.71. The molecule has 0 amide bonds. The van der Waals surface area contributed by atoms with E-state index in [9.17, 15) is 4.39 Å². The number of hydrogen-bond acceptors (Lipinski definition) is 0. The Bertz CT molecular complexity index is 1190. The lowest BCUT2D eigenvalue weighted by atomic mass is 9.67. The minimum atomic E-state index is -1.70. The van der Waals surface area contributed by atoms with Gasteiger partial charge >= 0.3 is 0 Å². The second-order valence-electron chi connectivity index (χ2n) is 9.71. The molecule has 1 saturated carbocycles. The zero-order valence-corrected chi connectivity index (χ0v) is 20.5. The van der Waals surface area contributed by atoms with Crippen LogP contribution >= 0.6 is 0 Å². The molecular formula is C30H30F6. The summed E-state index contributed by atoms with van der Waals surface area (Å²) in [5.74, 6) is -9.95. The van der Waals surface area contributed by atoms with Crippen LogP contribution in [0.3, 0.4) is 0 Å². The van der Waals surface area contributed by atoms with E-state index in [4.69, 9.17) is 0 Å². The Hall–Kier alpha value is -2.76. The van der Waals surface area contributed by atoms with Crippen LogP contribution in [-0.4, -0.2) is 0 Å². The van der Waals surface area contributed by atoms with Crippen LogP contribution in [0.4, 0.5) is 26.3 Å². The Balaban J connectivity index is 1.82. The lowest BCUT2D eigenvalue weighted by molar-refractivity contribution is 0.179. The summed E-state index contributed by atoms with van der Waals surface area (Å²) in [6, 6.07) is 10.2. The van der Waals surface area contributed by atoms with Gasteiger partial charge in [0, 0.05) is 16.7 Å². The van der Waals surface area contributed by atoms with E-state index >= 15 is 22.0 Å². The summed E-state index contributed by atoms with van der Waals surface area (Å²) in [5, 5.41) is 0. The SMILES string of the molecule is CCCC1CCCCC1C(CC)c1c(F)c(F)c(-c2ccc(-c3ccccc3)c(F)c2F)c(F)c1F. The molecule has 4 rings (SSSR count). The van der Waals surface area contributed by atoms with Gasteiger partial charge in [-0.1, -0.05) is 88.4 Å². The third-order valence-corrected chi connectivity index (χ3v) is 7.69. The molecule has 1 aliphatic carbocycles. The molecular weight excluding hydrogens is 474 g/mol. The number of hydrogen-bond donors (Lipinski definition) is 0. The summed E-state index contributed by atoms with van der Waals surface area (Å²) in [4.78, 5) is 0. The lowest BCUT2D eigenvalue weighted by Crippen LogP contribution is -2.27. The smallest absolute Gasteiger partial charge is 0.170 e. The molecule has 1 fully saturated rings. The first kappa shape index (κ1) is 26.3. The van der Waals surface area contributed by atoms with Gasteiger partial charge in [0.1, 0.15) is 0 Å². The first-order valence-electron chi connectivity index (χ1n) is 12.7. The molecule has 0 radical (unpaired) electrons. The maximum Gasteiger partial charge on any atom is 0.170 e. The number of rotatable bonds is 7. The molecule has 0 bridgehead atoms. The van der Waals surface area contributed by atoms with Crippen LogP contribution in [0.25, 0.3) is 22.3 Å². The molecule has 0 aliphatic heterocycles. The van der Waals surface area contributed by atoms with Gasteiger partial charge in [-0.25, -0.2) is 26.3 Å². The summed E-state index contributed by atoms with van der Waals surface area (Å²) in [6.07, 6.45) is 5.67. The highest BCUT2D eigenvalue weighted by Gasteiger charge is 2.38. The van der Waals surface area contributed by atoms with Gasteiger partial charge in [-0.3, -0.25) is 0 Å². The van der Waals surface area contributed by atoms with Crippen molar-refractivity contribution >= 4 is 0 Å². The van der Waals surface area contributed by atoms with Crippen molar-refractivity contribution in [3.8, 4) is 22.3 Å². The van der Waals surface area contributed by atoms with E-state index in [1.165, 1.54) is 0 Å². The van der Waals surface area contributed by atoms with E-state index in [-0.39, 0.29) is 17.4 Å². The zero-order valence-electron chi connectivity index (χ0n) is 20.5. The number of halogens is 6. The summed E-state index contributed by atoms with van der Waals surface area (Å²) >= 11 is 0. The molecule has 0 saturated heterocycles. The van der Waals surface area contributed by atoms with Gasteiger partial charge in [-0.2, -0.15) is 0 Å². The van der Waals surface area contributed by atoms with Crippen LogP contribution in [-0.2, 0) is 0 Å². The maximum absolute atomic E-state index is 15.5. The van der Waals surface area contributed by atoms with Crippen LogP contribution in [0.15, 0.2) is 42.5 Å². The predicted molar refractivity (Wildman–Crippen MR) is 130 cm³/mol. The van der Waals surface area contributed by atoms with Crippen molar-refractivity contribution in [3.05, 3.63) is 82.9 Å². The van der Waals surface area contributed by atoms with Gasteiger partial charge in [0.05, 0.1) is 5.56 Å². The van der Waals surface area contributed by atoms with Crippen molar-refractivity contribution < 1.29 is 26.3 Å². The van der Waals surface area contributed by atoms with Crippen molar-refractivity contribution in [3.63, 3.8) is 0 Å². The van der Waals surface area contributed by atoms with E-state index in [0.717, 1.165) is 50.7 Å². The van der Waals surface area contributed by atoms with Crippen LogP contribution in [0.2, 0.25) is 0 Å². The largest absolute Gasteiger partial charge is 0.203 e. The molecule has 0 nitrogen and oxygen atoms in total. The highest BCUT2D eigenvalue weighted by molar-refractivity contribution is 5.73. The fraction of sp³-hybridized carbons (Fsp3) is 0.400. The third-order valence-electron chi connectivity index (χ3n) is 7.69. The van der Waals surface area contributed by atoms with Crippen molar-refractivity contribution in [2.75, 3.05) is 0 Å². The Morgan fingerprint density at radius 2 is 1.28 bits per heavy atom. The molecule has 0 heterocycles. The summed E-state index contributed by atoms with van der Waals surface area (Å²) in [7, 11) is 0. The molecule has 0 aromatic heterocycles. The average molecular weight is 505 g/mol. The van der Waals surface area contributed by atoms with Crippen molar-refractivity contribution in [2.45, 2.75) is 64.7 Å². The fourth-order valence-electron chi connectivity index (χ4n) is 6.01. The zero-order chi connectivity index (χ0) is 26.0. The molecule has 0 N–H and O–H groups in total. The van der Waals surface area contributed by atoms with Crippen LogP contribution in [0.5, 0.6) is 0 Å². The normalized spacial score (nSPS) is 18.9. The average Bonchev–Trinajstić information content (AvgIpc) is 2.89. The van der Waals surface area contributed by atoms with Crippen molar-refractivity contribution in [1.82, 2.24) is 0 Å². The molecule has 36 heavy (non-hydrogen) atoms. The monoisotopic (exact) mass is 504 g/mol. The van der Waals surface area contributed by atoms with Crippen molar-refractivity contribution in [2.24, 2.45) is 11.8 Å². The summed E-state index contributed by atoms with van der Waals surface area (Å²) < 4.78 is 91.6. The van der Waals surface area contributed by atoms with Gasteiger partial charge in [-0.15, -0.1) is 0 Å². The summed E-state index contributed by atoms with van der Waals surface area (Å²) in [6.45, 7) is 3.79. The highest BCUT2D eigenvalue weighted by atomic mass is 19.2. The minimum Gasteiger partial charge on any atom is -0.203 e. The molecule has 3 atom stereocenters. The van der Waals surface area contributed by atoms with E-state index in [1.807, 2.05) is 6.92 Å². The molecule has 3 aromatic carbocycles. The van der Waals surface area contributed by atoms with Crippen molar-refractivity contribution in [1.29, 1.82) is 0 Å². The van der Waals surface area contributed by atoms with Gasteiger partial charge in [0.2, 0.25) is 0 Å². The molecule has 6 heteroatoms. The van der Waals surface area contributed by atoms with Crippen LogP contribution < -0.4 is 0 Å². The first-order chi connectivity index (χ1) is 17.3. The highest BCUT2D eigenvalue weighted by Crippen LogP contribution is 2.47. The van der Waals surface area contributed by atoms with E-state index < -0.39 is 57.5 Å². The third kappa shape index (κ3) is 4.67. The van der Waals surface area contributed by atoms with Crippen LogP contribution in [0, 0.1) is 46.7 Å². The standard InChI is InChI=1S/C30H30F6/c1-3-10-17-13-8-9-14-20(17)19(4-2)23-27(33)29(35)24(30(36)28(23)34)22-16-15-21(25(31)26(22)32)18-11-6-5-7-12-18/h5-7,11-12,15-17,19-20H,3-4,8-10,13-14H2,1-2H3. The van der Waals surface area contributed by atoms with Gasteiger partial charge < -0.3 is 0 Å². The molecule has 1 aliphatic rings. The van der Waals surface area contributed by atoms with Crippen LogP contribution in [0.1, 0.15) is 70.3 Å². The molecule has 3 aromatic rings. The maximum atomic E-state index is 15.5.